The summed E-state index contributed by atoms with van der Waals surface area (Å²) in [5, 5.41) is 18.6. The van der Waals surface area contributed by atoms with E-state index < -0.39 is 28.0 Å². The van der Waals surface area contributed by atoms with E-state index in [0.717, 1.165) is 0 Å². The van der Waals surface area contributed by atoms with Crippen LogP contribution in [0.5, 0.6) is 0 Å². The second-order valence-electron chi connectivity index (χ2n) is 2.46. The lowest BCUT2D eigenvalue weighted by Crippen LogP contribution is -2.07. The van der Waals surface area contributed by atoms with E-state index in [4.69, 9.17) is 5.26 Å². The molecular formula is C7H2F3N3O2. The van der Waals surface area contributed by atoms with E-state index in [0.29, 0.717) is 12.3 Å². The third-order valence-corrected chi connectivity index (χ3v) is 1.49. The van der Waals surface area contributed by atoms with Gasteiger partial charge < -0.3 is 10.1 Å². The van der Waals surface area contributed by atoms with Gasteiger partial charge in [-0.05, 0) is 16.0 Å². The van der Waals surface area contributed by atoms with Crippen LogP contribution < -0.4 is 0 Å². The van der Waals surface area contributed by atoms with Crippen molar-refractivity contribution in [3.05, 3.63) is 33.5 Å². The zero-order valence-electron chi connectivity index (χ0n) is 6.95. The van der Waals surface area contributed by atoms with Crippen LogP contribution in [-0.2, 0) is 6.18 Å². The van der Waals surface area contributed by atoms with E-state index in [9.17, 15) is 23.3 Å². The first-order valence-corrected chi connectivity index (χ1v) is 3.48. The number of halogens is 3. The predicted molar refractivity (Wildman–Crippen MR) is 40.6 cm³/mol. The summed E-state index contributed by atoms with van der Waals surface area (Å²) in [7, 11) is 0. The Kier molecular flexibility index (Phi) is 2.57. The normalized spacial score (nSPS) is 10.8. The van der Waals surface area contributed by atoms with Gasteiger partial charge in [-0.3, -0.25) is 0 Å². The zero-order valence-corrected chi connectivity index (χ0v) is 6.95. The van der Waals surface area contributed by atoms with Gasteiger partial charge >= 0.3 is 12.0 Å². The Morgan fingerprint density at radius 1 is 1.53 bits per heavy atom. The molecule has 0 spiro atoms. The average Bonchev–Trinajstić information content (AvgIpc) is 2.15. The molecule has 0 aromatic carbocycles. The highest BCUT2D eigenvalue weighted by Gasteiger charge is 2.34. The van der Waals surface area contributed by atoms with Crippen LogP contribution in [-0.4, -0.2) is 9.91 Å². The lowest BCUT2D eigenvalue weighted by Gasteiger charge is -2.03. The molecule has 1 aromatic heterocycles. The molecule has 8 heteroatoms. The Balaban J connectivity index is 3.34. The van der Waals surface area contributed by atoms with Crippen molar-refractivity contribution in [1.82, 2.24) is 4.98 Å². The summed E-state index contributed by atoms with van der Waals surface area (Å²) in [5.74, 6) is -0.884. The topological polar surface area (TPSA) is 79.8 Å². The van der Waals surface area contributed by atoms with Gasteiger partial charge in [0, 0.05) is 0 Å². The molecule has 15 heavy (non-hydrogen) atoms. The molecule has 0 saturated carbocycles. The van der Waals surface area contributed by atoms with Gasteiger partial charge in [0.1, 0.15) is 11.6 Å². The minimum atomic E-state index is -4.67. The van der Waals surface area contributed by atoms with Crippen molar-refractivity contribution in [2.45, 2.75) is 6.18 Å². The Morgan fingerprint density at radius 3 is 2.53 bits per heavy atom. The molecule has 0 aliphatic carbocycles. The molecule has 0 bridgehead atoms. The number of hydrogen-bond donors (Lipinski definition) is 0. The Bertz CT molecular complexity index is 450. The molecule has 0 fully saturated rings. The fourth-order valence-corrected chi connectivity index (χ4v) is 0.840. The van der Waals surface area contributed by atoms with Gasteiger partial charge in [0.2, 0.25) is 0 Å². The Labute approximate surface area is 80.9 Å². The summed E-state index contributed by atoms with van der Waals surface area (Å²) in [6.45, 7) is 0. The largest absolute Gasteiger partial charge is 0.420 e. The van der Waals surface area contributed by atoms with Gasteiger partial charge in [-0.1, -0.05) is 0 Å². The predicted octanol–water partition coefficient (Wildman–Crippen LogP) is 1.88. The van der Waals surface area contributed by atoms with Crippen LogP contribution in [0.25, 0.3) is 0 Å². The summed E-state index contributed by atoms with van der Waals surface area (Å²) >= 11 is 0. The Hall–Kier alpha value is -2.17. The smallest absolute Gasteiger partial charge is 0.358 e. The van der Waals surface area contributed by atoms with Crippen LogP contribution in [0.15, 0.2) is 12.3 Å². The number of hydrogen-bond acceptors (Lipinski definition) is 4. The molecule has 0 unspecified atom stereocenters. The molecule has 0 amide bonds. The minimum Gasteiger partial charge on any atom is -0.358 e. The molecule has 0 saturated heterocycles. The molecule has 1 heterocycles. The van der Waals surface area contributed by atoms with E-state index >= 15 is 0 Å². The van der Waals surface area contributed by atoms with Gasteiger partial charge in [0.05, 0.1) is 0 Å². The van der Waals surface area contributed by atoms with E-state index in [1.165, 1.54) is 6.07 Å². The number of pyridine rings is 1. The second kappa shape index (κ2) is 3.53. The van der Waals surface area contributed by atoms with E-state index in [-0.39, 0.29) is 0 Å². The number of nitrogens with zero attached hydrogens (tertiary/aromatic N) is 3. The van der Waals surface area contributed by atoms with Gasteiger partial charge in [-0.25, -0.2) is 0 Å². The van der Waals surface area contributed by atoms with Gasteiger partial charge in [0.15, 0.2) is 11.8 Å². The fourth-order valence-electron chi connectivity index (χ4n) is 0.840. The van der Waals surface area contributed by atoms with Gasteiger partial charge in [0.25, 0.3) is 0 Å². The molecule has 0 aliphatic rings. The van der Waals surface area contributed by atoms with E-state index in [1.54, 1.807) is 0 Å². The molecule has 1 aromatic rings. The van der Waals surface area contributed by atoms with E-state index in [2.05, 4.69) is 4.98 Å². The van der Waals surface area contributed by atoms with Crippen LogP contribution in [0.1, 0.15) is 11.1 Å². The summed E-state index contributed by atoms with van der Waals surface area (Å²) in [5.41, 5.74) is -1.90. The first-order chi connectivity index (χ1) is 6.86. The zero-order chi connectivity index (χ0) is 11.6. The van der Waals surface area contributed by atoms with Crippen molar-refractivity contribution in [3.63, 3.8) is 0 Å². The highest BCUT2D eigenvalue weighted by molar-refractivity contribution is 5.44. The SMILES string of the molecule is N#Cc1cc(C(F)(F)F)cnc1[N+](=O)[O-]. The number of alkyl halides is 3. The van der Waals surface area contributed by atoms with Crippen molar-refractivity contribution < 1.29 is 18.1 Å². The molecule has 0 atom stereocenters. The van der Waals surface area contributed by atoms with Crippen LogP contribution in [0.3, 0.4) is 0 Å². The number of aromatic nitrogens is 1. The quantitative estimate of drug-likeness (QED) is 0.531. The molecule has 1 rings (SSSR count). The summed E-state index contributed by atoms with van der Waals surface area (Å²) in [6.07, 6.45) is -4.35. The maximum atomic E-state index is 12.1. The van der Waals surface area contributed by atoms with Crippen LogP contribution >= 0.6 is 0 Å². The summed E-state index contributed by atoms with van der Waals surface area (Å²) in [6, 6.07) is 1.68. The second-order valence-corrected chi connectivity index (χ2v) is 2.46. The molecule has 78 valence electrons. The molecule has 0 radical (unpaired) electrons. The Morgan fingerprint density at radius 2 is 2.13 bits per heavy atom. The van der Waals surface area contributed by atoms with Crippen LogP contribution in [0, 0.1) is 21.4 Å². The lowest BCUT2D eigenvalue weighted by molar-refractivity contribution is -0.389. The third-order valence-electron chi connectivity index (χ3n) is 1.49. The van der Waals surface area contributed by atoms with Crippen LogP contribution in [0.2, 0.25) is 0 Å². The molecule has 5 nitrogen and oxygen atoms in total. The van der Waals surface area contributed by atoms with Crippen molar-refractivity contribution >= 4 is 5.82 Å². The van der Waals surface area contributed by atoms with Crippen molar-refractivity contribution in [2.24, 2.45) is 0 Å². The molecule has 0 aliphatic heterocycles. The first kappa shape index (κ1) is 10.9. The number of nitro groups is 1. The highest BCUT2D eigenvalue weighted by atomic mass is 19.4. The maximum Gasteiger partial charge on any atom is 0.420 e. The van der Waals surface area contributed by atoms with Gasteiger partial charge in [-0.2, -0.15) is 18.4 Å². The van der Waals surface area contributed by atoms with E-state index in [1.807, 2.05) is 0 Å². The van der Waals surface area contributed by atoms with Crippen molar-refractivity contribution in [1.29, 1.82) is 5.26 Å². The first-order valence-electron chi connectivity index (χ1n) is 3.48. The average molecular weight is 217 g/mol. The monoisotopic (exact) mass is 217 g/mol. The van der Waals surface area contributed by atoms with Crippen molar-refractivity contribution in [3.8, 4) is 6.07 Å². The molecular weight excluding hydrogens is 215 g/mol. The maximum absolute atomic E-state index is 12.1. The van der Waals surface area contributed by atoms with Gasteiger partial charge in [-0.15, -0.1) is 0 Å². The standard InChI is InChI=1S/C7H2F3N3O2/c8-7(9,10)5-1-4(2-11)6(12-3-5)13(14)15/h1,3H. The minimum absolute atomic E-state index is 0.318. The van der Waals surface area contributed by atoms with Crippen molar-refractivity contribution in [2.75, 3.05) is 0 Å². The van der Waals surface area contributed by atoms with Crippen LogP contribution in [0.4, 0.5) is 19.0 Å². The fraction of sp³-hybridized carbons (Fsp3) is 0.143. The molecule has 0 N–H and O–H groups in total. The number of rotatable bonds is 1. The summed E-state index contributed by atoms with van der Waals surface area (Å²) in [4.78, 5) is 12.2. The lowest BCUT2D eigenvalue weighted by atomic mass is 10.2. The third kappa shape index (κ3) is 2.19. The number of nitriles is 1. The summed E-state index contributed by atoms with van der Waals surface area (Å²) < 4.78 is 36.4. The highest BCUT2D eigenvalue weighted by Crippen LogP contribution is 2.30.